The van der Waals surface area contributed by atoms with Crippen LogP contribution < -0.4 is 5.32 Å². The minimum absolute atomic E-state index is 0.0619. The molecule has 1 fully saturated rings. The fourth-order valence-electron chi connectivity index (χ4n) is 2.65. The van der Waals surface area contributed by atoms with Crippen LogP contribution in [-0.4, -0.2) is 34.9 Å². The molecule has 0 bridgehead atoms. The van der Waals surface area contributed by atoms with E-state index in [4.69, 9.17) is 0 Å². The lowest BCUT2D eigenvalue weighted by Gasteiger charge is -2.35. The number of rotatable bonds is 5. The third-order valence-corrected chi connectivity index (χ3v) is 3.79. The minimum Gasteiger partial charge on any atom is -0.380 e. The highest BCUT2D eigenvalue weighted by Gasteiger charge is 2.26. The highest BCUT2D eigenvalue weighted by Crippen LogP contribution is 2.21. The molecule has 0 saturated carbocycles. The molecule has 0 radical (unpaired) electrons. The number of hydrogen-bond donors (Lipinski definition) is 1. The smallest absolute Gasteiger partial charge is 0.272 e. The molecule has 1 aromatic rings. The van der Waals surface area contributed by atoms with Gasteiger partial charge in [-0.2, -0.15) is 0 Å². The molecule has 0 aromatic carbocycles. The third-order valence-electron chi connectivity index (χ3n) is 3.79. The molecule has 1 aliphatic heterocycles. The number of aromatic nitrogens is 1. The van der Waals surface area contributed by atoms with Gasteiger partial charge in [0.15, 0.2) is 0 Å². The Morgan fingerprint density at radius 3 is 3.05 bits per heavy atom. The van der Waals surface area contributed by atoms with E-state index in [0.717, 1.165) is 31.5 Å². The fourth-order valence-corrected chi connectivity index (χ4v) is 2.65. The Balaban J connectivity index is 2.05. The van der Waals surface area contributed by atoms with Crippen molar-refractivity contribution in [3.05, 3.63) is 36.7 Å². The number of piperidine rings is 1. The molecule has 1 amide bonds. The van der Waals surface area contributed by atoms with Crippen molar-refractivity contribution >= 4 is 11.6 Å². The summed E-state index contributed by atoms with van der Waals surface area (Å²) >= 11 is 0. The molecule has 1 aromatic heterocycles. The van der Waals surface area contributed by atoms with Crippen LogP contribution in [-0.2, 0) is 0 Å². The number of anilines is 1. The van der Waals surface area contributed by atoms with E-state index in [1.807, 2.05) is 11.0 Å². The van der Waals surface area contributed by atoms with Crippen molar-refractivity contribution in [1.82, 2.24) is 9.88 Å². The first-order valence-corrected chi connectivity index (χ1v) is 7.38. The molecular weight excluding hydrogens is 250 g/mol. The lowest BCUT2D eigenvalue weighted by atomic mass is 9.99. The second kappa shape index (κ2) is 7.08. The molecule has 2 rings (SSSR count). The lowest BCUT2D eigenvalue weighted by molar-refractivity contribution is 0.0602. The molecular formula is C16H23N3O. The fraction of sp³-hybridized carbons (Fsp3) is 0.500. The highest BCUT2D eigenvalue weighted by molar-refractivity contribution is 5.92. The van der Waals surface area contributed by atoms with Gasteiger partial charge in [-0.05, 0) is 37.8 Å². The van der Waals surface area contributed by atoms with E-state index in [2.05, 4.69) is 23.8 Å². The summed E-state index contributed by atoms with van der Waals surface area (Å²) in [6, 6.07) is 4.07. The first kappa shape index (κ1) is 14.6. The van der Waals surface area contributed by atoms with Gasteiger partial charge in [0, 0.05) is 19.1 Å². The molecule has 2 heterocycles. The summed E-state index contributed by atoms with van der Waals surface area (Å²) in [4.78, 5) is 18.8. The summed E-state index contributed by atoms with van der Waals surface area (Å²) in [7, 11) is 0. The molecule has 1 atom stereocenters. The molecule has 4 nitrogen and oxygen atoms in total. The summed E-state index contributed by atoms with van der Waals surface area (Å²) in [6.45, 7) is 7.35. The number of carbonyl (C=O) groups is 1. The van der Waals surface area contributed by atoms with Gasteiger partial charge in [-0.25, -0.2) is 4.98 Å². The standard InChI is InChI=1S/C16H23N3O/c1-3-10-17-13-8-9-15(18-12-13)16(20)19-11-6-5-7-14(19)4-2/h3,8-9,12,14,17H,1,4-7,10-11H2,2H3. The van der Waals surface area contributed by atoms with Crippen LogP contribution in [0.4, 0.5) is 5.69 Å². The van der Waals surface area contributed by atoms with Crippen molar-refractivity contribution in [2.75, 3.05) is 18.4 Å². The van der Waals surface area contributed by atoms with Crippen LogP contribution in [0.3, 0.4) is 0 Å². The largest absolute Gasteiger partial charge is 0.380 e. The van der Waals surface area contributed by atoms with Crippen molar-refractivity contribution in [1.29, 1.82) is 0 Å². The molecule has 1 aliphatic rings. The number of carbonyl (C=O) groups excluding carboxylic acids is 1. The van der Waals surface area contributed by atoms with Gasteiger partial charge in [0.25, 0.3) is 5.91 Å². The average molecular weight is 273 g/mol. The van der Waals surface area contributed by atoms with Crippen molar-refractivity contribution in [2.24, 2.45) is 0 Å². The van der Waals surface area contributed by atoms with E-state index in [0.29, 0.717) is 18.3 Å². The summed E-state index contributed by atoms with van der Waals surface area (Å²) in [6.07, 6.45) is 7.95. The minimum atomic E-state index is 0.0619. The topological polar surface area (TPSA) is 45.2 Å². The number of amides is 1. The molecule has 108 valence electrons. The maximum Gasteiger partial charge on any atom is 0.272 e. The Labute approximate surface area is 120 Å². The van der Waals surface area contributed by atoms with Crippen LogP contribution in [0, 0.1) is 0 Å². The monoisotopic (exact) mass is 273 g/mol. The third kappa shape index (κ3) is 3.38. The van der Waals surface area contributed by atoms with E-state index in [-0.39, 0.29) is 5.91 Å². The van der Waals surface area contributed by atoms with Crippen molar-refractivity contribution in [2.45, 2.75) is 38.6 Å². The van der Waals surface area contributed by atoms with Crippen LogP contribution in [0.2, 0.25) is 0 Å². The number of likely N-dealkylation sites (tertiary alicyclic amines) is 1. The van der Waals surface area contributed by atoms with Crippen LogP contribution in [0.25, 0.3) is 0 Å². The molecule has 1 saturated heterocycles. The predicted octanol–water partition coefficient (Wildman–Crippen LogP) is 3.08. The van der Waals surface area contributed by atoms with Crippen LogP contribution >= 0.6 is 0 Å². The second-order valence-corrected chi connectivity index (χ2v) is 5.16. The molecule has 20 heavy (non-hydrogen) atoms. The van der Waals surface area contributed by atoms with E-state index in [9.17, 15) is 4.79 Å². The van der Waals surface area contributed by atoms with Gasteiger partial charge in [0.05, 0.1) is 11.9 Å². The summed E-state index contributed by atoms with van der Waals surface area (Å²) in [5.41, 5.74) is 1.45. The highest BCUT2D eigenvalue weighted by atomic mass is 16.2. The summed E-state index contributed by atoms with van der Waals surface area (Å²) in [5, 5.41) is 3.15. The zero-order chi connectivity index (χ0) is 14.4. The quantitative estimate of drug-likeness (QED) is 0.839. The maximum absolute atomic E-state index is 12.5. The Kier molecular flexibility index (Phi) is 5.16. The van der Waals surface area contributed by atoms with Crippen LogP contribution in [0.15, 0.2) is 31.0 Å². The Hall–Kier alpha value is -1.84. The number of nitrogens with zero attached hydrogens (tertiary/aromatic N) is 2. The number of nitrogens with one attached hydrogen (secondary N) is 1. The van der Waals surface area contributed by atoms with Crippen LogP contribution in [0.1, 0.15) is 43.1 Å². The SMILES string of the molecule is C=CCNc1ccc(C(=O)N2CCCCC2CC)nc1. The van der Waals surface area contributed by atoms with Crippen molar-refractivity contribution < 1.29 is 4.79 Å². The predicted molar refractivity (Wildman–Crippen MR) is 81.9 cm³/mol. The maximum atomic E-state index is 12.5. The van der Waals surface area contributed by atoms with Gasteiger partial charge >= 0.3 is 0 Å². The second-order valence-electron chi connectivity index (χ2n) is 5.16. The first-order chi connectivity index (χ1) is 9.76. The van der Waals surface area contributed by atoms with Gasteiger partial charge in [-0.1, -0.05) is 13.0 Å². The van der Waals surface area contributed by atoms with Gasteiger partial charge in [0.2, 0.25) is 0 Å². The first-order valence-electron chi connectivity index (χ1n) is 7.38. The molecule has 1 N–H and O–H groups in total. The van der Waals surface area contributed by atoms with Crippen LogP contribution in [0.5, 0.6) is 0 Å². The molecule has 4 heteroatoms. The lowest BCUT2D eigenvalue weighted by Crippen LogP contribution is -2.43. The normalized spacial score (nSPS) is 18.6. The van der Waals surface area contributed by atoms with E-state index in [1.165, 1.54) is 6.42 Å². The Bertz CT molecular complexity index is 455. The number of pyridine rings is 1. The van der Waals surface area contributed by atoms with Gasteiger partial charge in [-0.3, -0.25) is 4.79 Å². The van der Waals surface area contributed by atoms with E-state index >= 15 is 0 Å². The number of hydrogen-bond acceptors (Lipinski definition) is 3. The van der Waals surface area contributed by atoms with Gasteiger partial charge in [0.1, 0.15) is 5.69 Å². The summed E-state index contributed by atoms with van der Waals surface area (Å²) < 4.78 is 0. The molecule has 0 aliphatic carbocycles. The Morgan fingerprint density at radius 2 is 2.40 bits per heavy atom. The molecule has 1 unspecified atom stereocenters. The molecule has 0 spiro atoms. The zero-order valence-corrected chi connectivity index (χ0v) is 12.1. The van der Waals surface area contributed by atoms with E-state index < -0.39 is 0 Å². The zero-order valence-electron chi connectivity index (χ0n) is 12.1. The van der Waals surface area contributed by atoms with E-state index in [1.54, 1.807) is 18.3 Å². The van der Waals surface area contributed by atoms with Crippen molar-refractivity contribution in [3.63, 3.8) is 0 Å². The summed E-state index contributed by atoms with van der Waals surface area (Å²) in [5.74, 6) is 0.0619. The van der Waals surface area contributed by atoms with Crippen molar-refractivity contribution in [3.8, 4) is 0 Å². The van der Waals surface area contributed by atoms with Gasteiger partial charge < -0.3 is 10.2 Å². The van der Waals surface area contributed by atoms with Gasteiger partial charge in [-0.15, -0.1) is 6.58 Å². The Morgan fingerprint density at radius 1 is 1.55 bits per heavy atom. The average Bonchev–Trinajstić information content (AvgIpc) is 2.52.